The second kappa shape index (κ2) is 4.81. The lowest BCUT2D eigenvalue weighted by molar-refractivity contribution is 0.404. The van der Waals surface area contributed by atoms with Gasteiger partial charge in [0.25, 0.3) is 0 Å². The SMILES string of the molecule is CC(NCc1ncon1)c1nc2ccccc2n1C. The van der Waals surface area contributed by atoms with Crippen molar-refractivity contribution < 1.29 is 4.52 Å². The highest BCUT2D eigenvalue weighted by molar-refractivity contribution is 5.75. The summed E-state index contributed by atoms with van der Waals surface area (Å²) in [5.41, 5.74) is 2.14. The molecular formula is C13H15N5O. The third-order valence-corrected chi connectivity index (χ3v) is 3.18. The first-order valence-corrected chi connectivity index (χ1v) is 6.15. The highest BCUT2D eigenvalue weighted by atomic mass is 16.5. The lowest BCUT2D eigenvalue weighted by Crippen LogP contribution is -2.21. The van der Waals surface area contributed by atoms with Crippen molar-refractivity contribution in [2.45, 2.75) is 19.5 Å². The van der Waals surface area contributed by atoms with Gasteiger partial charge in [-0.1, -0.05) is 17.3 Å². The molecule has 2 heterocycles. The molecule has 0 saturated heterocycles. The molecule has 0 saturated carbocycles. The molecule has 0 amide bonds. The molecule has 0 aliphatic carbocycles. The smallest absolute Gasteiger partial charge is 0.213 e. The number of aromatic nitrogens is 4. The summed E-state index contributed by atoms with van der Waals surface area (Å²) in [6.07, 6.45) is 1.33. The van der Waals surface area contributed by atoms with Crippen LogP contribution in [-0.2, 0) is 13.6 Å². The zero-order valence-electron chi connectivity index (χ0n) is 10.9. The maximum Gasteiger partial charge on any atom is 0.213 e. The van der Waals surface area contributed by atoms with Crippen LogP contribution in [0.2, 0.25) is 0 Å². The Bertz CT molecular complexity index is 673. The van der Waals surface area contributed by atoms with Gasteiger partial charge in [-0.2, -0.15) is 4.98 Å². The van der Waals surface area contributed by atoms with Crippen LogP contribution in [0, 0.1) is 0 Å². The lowest BCUT2D eigenvalue weighted by atomic mass is 10.3. The molecule has 1 aromatic carbocycles. The van der Waals surface area contributed by atoms with Gasteiger partial charge in [-0.25, -0.2) is 4.98 Å². The van der Waals surface area contributed by atoms with E-state index in [-0.39, 0.29) is 6.04 Å². The van der Waals surface area contributed by atoms with Crippen LogP contribution in [0.3, 0.4) is 0 Å². The summed E-state index contributed by atoms with van der Waals surface area (Å²) in [4.78, 5) is 8.63. The molecule has 0 aliphatic heterocycles. The number of nitrogens with one attached hydrogen (secondary N) is 1. The Hall–Kier alpha value is -2.21. The first-order chi connectivity index (χ1) is 9.25. The summed E-state index contributed by atoms with van der Waals surface area (Å²) in [6, 6.07) is 8.21. The predicted molar refractivity (Wildman–Crippen MR) is 70.3 cm³/mol. The molecule has 3 aromatic rings. The van der Waals surface area contributed by atoms with E-state index in [4.69, 9.17) is 4.52 Å². The van der Waals surface area contributed by atoms with E-state index in [2.05, 4.69) is 38.0 Å². The van der Waals surface area contributed by atoms with Crippen LogP contribution in [-0.4, -0.2) is 19.7 Å². The van der Waals surface area contributed by atoms with Gasteiger partial charge in [0.15, 0.2) is 5.82 Å². The Balaban J connectivity index is 1.81. The average molecular weight is 257 g/mol. The summed E-state index contributed by atoms with van der Waals surface area (Å²) in [7, 11) is 2.02. The quantitative estimate of drug-likeness (QED) is 0.772. The van der Waals surface area contributed by atoms with Gasteiger partial charge in [0, 0.05) is 7.05 Å². The first kappa shape index (κ1) is 11.9. The minimum absolute atomic E-state index is 0.107. The zero-order valence-corrected chi connectivity index (χ0v) is 10.9. The molecule has 0 fully saturated rings. The van der Waals surface area contributed by atoms with Crippen LogP contribution in [0.15, 0.2) is 35.2 Å². The molecule has 2 aromatic heterocycles. The summed E-state index contributed by atoms with van der Waals surface area (Å²) < 4.78 is 6.80. The number of aryl methyl sites for hydroxylation is 1. The molecule has 6 nitrogen and oxygen atoms in total. The third-order valence-electron chi connectivity index (χ3n) is 3.18. The second-order valence-electron chi connectivity index (χ2n) is 4.47. The fourth-order valence-corrected chi connectivity index (χ4v) is 2.16. The van der Waals surface area contributed by atoms with Crippen LogP contribution < -0.4 is 5.32 Å². The number of nitrogens with zero attached hydrogens (tertiary/aromatic N) is 4. The van der Waals surface area contributed by atoms with Gasteiger partial charge in [-0.3, -0.25) is 0 Å². The lowest BCUT2D eigenvalue weighted by Gasteiger charge is -2.12. The summed E-state index contributed by atoms with van der Waals surface area (Å²) >= 11 is 0. The minimum Gasteiger partial charge on any atom is -0.343 e. The maximum atomic E-state index is 4.70. The van der Waals surface area contributed by atoms with Crippen LogP contribution in [0.25, 0.3) is 11.0 Å². The van der Waals surface area contributed by atoms with E-state index in [1.165, 1.54) is 6.39 Å². The Morgan fingerprint density at radius 1 is 1.37 bits per heavy atom. The number of para-hydroxylation sites is 2. The van der Waals surface area contributed by atoms with Gasteiger partial charge in [-0.05, 0) is 19.1 Å². The van der Waals surface area contributed by atoms with Crippen LogP contribution in [0.1, 0.15) is 24.6 Å². The normalized spacial score (nSPS) is 12.9. The van der Waals surface area contributed by atoms with Crippen molar-refractivity contribution in [3.63, 3.8) is 0 Å². The molecule has 1 unspecified atom stereocenters. The molecule has 1 atom stereocenters. The fraction of sp³-hybridized carbons (Fsp3) is 0.308. The van der Waals surface area contributed by atoms with Crippen molar-refractivity contribution in [2.75, 3.05) is 0 Å². The molecule has 3 rings (SSSR count). The Labute approximate surface area is 110 Å². The Kier molecular flexibility index (Phi) is 3.00. The zero-order chi connectivity index (χ0) is 13.2. The van der Waals surface area contributed by atoms with E-state index < -0.39 is 0 Å². The largest absolute Gasteiger partial charge is 0.343 e. The van der Waals surface area contributed by atoms with Gasteiger partial charge in [0.2, 0.25) is 6.39 Å². The van der Waals surface area contributed by atoms with E-state index >= 15 is 0 Å². The van der Waals surface area contributed by atoms with Crippen LogP contribution >= 0.6 is 0 Å². The van der Waals surface area contributed by atoms with Crippen molar-refractivity contribution in [3.8, 4) is 0 Å². The summed E-state index contributed by atoms with van der Waals surface area (Å²) in [6.45, 7) is 2.63. The van der Waals surface area contributed by atoms with Crippen molar-refractivity contribution in [2.24, 2.45) is 7.05 Å². The molecule has 0 bridgehead atoms. The Morgan fingerprint density at radius 2 is 2.21 bits per heavy atom. The molecule has 19 heavy (non-hydrogen) atoms. The van der Waals surface area contributed by atoms with Crippen molar-refractivity contribution in [3.05, 3.63) is 42.3 Å². The van der Waals surface area contributed by atoms with Gasteiger partial charge in [0.1, 0.15) is 5.82 Å². The third kappa shape index (κ3) is 2.22. The van der Waals surface area contributed by atoms with Gasteiger partial charge in [-0.15, -0.1) is 0 Å². The van der Waals surface area contributed by atoms with Crippen molar-refractivity contribution in [1.29, 1.82) is 0 Å². The van der Waals surface area contributed by atoms with E-state index in [1.807, 2.05) is 25.2 Å². The number of hydrogen-bond donors (Lipinski definition) is 1. The van der Waals surface area contributed by atoms with Crippen molar-refractivity contribution in [1.82, 2.24) is 25.0 Å². The second-order valence-corrected chi connectivity index (χ2v) is 4.47. The average Bonchev–Trinajstić information content (AvgIpc) is 3.05. The predicted octanol–water partition coefficient (Wildman–Crippen LogP) is 1.81. The van der Waals surface area contributed by atoms with Gasteiger partial charge >= 0.3 is 0 Å². The summed E-state index contributed by atoms with van der Waals surface area (Å²) in [5, 5.41) is 7.11. The van der Waals surface area contributed by atoms with E-state index in [9.17, 15) is 0 Å². The number of hydrogen-bond acceptors (Lipinski definition) is 5. The van der Waals surface area contributed by atoms with Crippen LogP contribution in [0.5, 0.6) is 0 Å². The number of imidazole rings is 1. The highest BCUT2D eigenvalue weighted by Crippen LogP contribution is 2.19. The Morgan fingerprint density at radius 3 is 2.95 bits per heavy atom. The molecular weight excluding hydrogens is 242 g/mol. The molecule has 0 spiro atoms. The first-order valence-electron chi connectivity index (χ1n) is 6.15. The van der Waals surface area contributed by atoms with E-state index in [1.54, 1.807) is 0 Å². The molecule has 6 heteroatoms. The highest BCUT2D eigenvalue weighted by Gasteiger charge is 2.14. The maximum absolute atomic E-state index is 4.70. The number of rotatable bonds is 4. The standard InChI is InChI=1S/C13H15N5O/c1-9(14-7-12-15-8-19-17-12)13-16-10-5-3-4-6-11(10)18(13)2/h3-6,8-9,14H,7H2,1-2H3. The number of benzene rings is 1. The molecule has 98 valence electrons. The topological polar surface area (TPSA) is 68.8 Å². The van der Waals surface area contributed by atoms with Crippen LogP contribution in [0.4, 0.5) is 0 Å². The van der Waals surface area contributed by atoms with Gasteiger partial charge in [0.05, 0.1) is 23.6 Å². The van der Waals surface area contributed by atoms with E-state index in [0.29, 0.717) is 12.4 Å². The van der Waals surface area contributed by atoms with Crippen molar-refractivity contribution >= 4 is 11.0 Å². The van der Waals surface area contributed by atoms with Gasteiger partial charge < -0.3 is 14.4 Å². The minimum atomic E-state index is 0.107. The molecule has 0 aliphatic rings. The fourth-order valence-electron chi connectivity index (χ4n) is 2.16. The van der Waals surface area contributed by atoms with E-state index in [0.717, 1.165) is 16.9 Å². The molecule has 0 radical (unpaired) electrons. The monoisotopic (exact) mass is 257 g/mol. The molecule has 1 N–H and O–H groups in total. The summed E-state index contributed by atoms with van der Waals surface area (Å²) in [5.74, 6) is 1.63. The number of fused-ring (bicyclic) bond motifs is 1.